The molecule has 0 saturated carbocycles. The van der Waals surface area contributed by atoms with Crippen molar-refractivity contribution in [2.45, 2.75) is 36.5 Å². The molecule has 0 aliphatic carbocycles. The third-order valence-electron chi connectivity index (χ3n) is 4.14. The number of hydrogen-bond donors (Lipinski definition) is 2. The van der Waals surface area contributed by atoms with Gasteiger partial charge in [0.1, 0.15) is 18.4 Å². The summed E-state index contributed by atoms with van der Waals surface area (Å²) in [5.74, 6) is 4.74. The van der Waals surface area contributed by atoms with Crippen molar-refractivity contribution in [1.82, 2.24) is 9.79 Å². The van der Waals surface area contributed by atoms with E-state index in [-0.39, 0.29) is 35.2 Å². The minimum Gasteiger partial charge on any atom is -0.481 e. The molecule has 30 heavy (non-hydrogen) atoms. The van der Waals surface area contributed by atoms with Gasteiger partial charge in [-0.15, -0.1) is 0 Å². The number of hydroxylamine groups is 1. The summed E-state index contributed by atoms with van der Waals surface area (Å²) in [6.45, 7) is 5.22. The Hall–Kier alpha value is -2.26. The van der Waals surface area contributed by atoms with Crippen LogP contribution in [0.3, 0.4) is 0 Å². The molecule has 1 fully saturated rings. The van der Waals surface area contributed by atoms with Gasteiger partial charge in [-0.2, -0.15) is 16.1 Å². The highest BCUT2D eigenvalue weighted by atomic mass is 32.2. The fourth-order valence-electron chi connectivity index (χ4n) is 2.65. The van der Waals surface area contributed by atoms with E-state index < -0.39 is 27.9 Å². The summed E-state index contributed by atoms with van der Waals surface area (Å²) in [6.07, 6.45) is 0. The second-order valence-corrected chi connectivity index (χ2v) is 10.6. The summed E-state index contributed by atoms with van der Waals surface area (Å²) < 4.78 is 37.1. The quantitative estimate of drug-likeness (QED) is 0.282. The van der Waals surface area contributed by atoms with Gasteiger partial charge in [0.25, 0.3) is 5.91 Å². The Kier molecular flexibility index (Phi) is 8.14. The average molecular weight is 457 g/mol. The molecule has 1 aromatic carbocycles. The van der Waals surface area contributed by atoms with E-state index in [0.29, 0.717) is 5.75 Å². The molecule has 2 rings (SSSR count). The minimum atomic E-state index is -3.98. The van der Waals surface area contributed by atoms with Gasteiger partial charge in [-0.25, -0.2) is 13.9 Å². The van der Waals surface area contributed by atoms with Crippen molar-refractivity contribution in [3.8, 4) is 17.6 Å². The van der Waals surface area contributed by atoms with Crippen molar-refractivity contribution in [2.75, 3.05) is 25.5 Å². The van der Waals surface area contributed by atoms with Crippen LogP contribution in [-0.4, -0.2) is 66.1 Å². The summed E-state index contributed by atoms with van der Waals surface area (Å²) in [5, 5.41) is 8.99. The first-order valence-electron chi connectivity index (χ1n) is 8.98. The van der Waals surface area contributed by atoms with Gasteiger partial charge < -0.3 is 9.47 Å². The molecule has 1 saturated heterocycles. The predicted octanol–water partition coefficient (Wildman–Crippen LogP) is 1.02. The molecule has 1 heterocycles. The highest BCUT2D eigenvalue weighted by molar-refractivity contribution is 8.00. The molecular weight excluding hydrogens is 432 g/mol. The molecule has 2 N–H and O–H groups in total. The molecule has 9 nitrogen and oxygen atoms in total. The normalized spacial score (nSPS) is 18.6. The number of thioether (sulfide) groups is 1. The minimum absolute atomic E-state index is 0.00855. The van der Waals surface area contributed by atoms with Gasteiger partial charge >= 0.3 is 5.97 Å². The number of nitrogens with zero attached hydrogens (tertiary/aromatic N) is 1. The number of ether oxygens (including phenoxy) is 2. The molecular formula is C19H24N2O7S2. The average Bonchev–Trinajstić information content (AvgIpc) is 2.69. The summed E-state index contributed by atoms with van der Waals surface area (Å²) in [6, 6.07) is 4.75. The van der Waals surface area contributed by atoms with E-state index in [2.05, 4.69) is 16.6 Å². The molecule has 164 valence electrons. The molecule has 0 bridgehead atoms. The van der Waals surface area contributed by atoms with Crippen LogP contribution in [0.1, 0.15) is 20.8 Å². The fourth-order valence-corrected chi connectivity index (χ4v) is 5.75. The number of amides is 1. The van der Waals surface area contributed by atoms with Gasteiger partial charge in [-0.3, -0.25) is 14.8 Å². The van der Waals surface area contributed by atoms with Crippen LogP contribution in [-0.2, 0) is 24.3 Å². The zero-order valence-electron chi connectivity index (χ0n) is 16.9. The smallest absolute Gasteiger partial charge is 0.303 e. The number of benzene rings is 1. The lowest BCUT2D eigenvalue weighted by Crippen LogP contribution is -2.57. The van der Waals surface area contributed by atoms with Crippen LogP contribution in [0, 0.1) is 11.8 Å². The van der Waals surface area contributed by atoms with Crippen molar-refractivity contribution in [1.29, 1.82) is 0 Å². The van der Waals surface area contributed by atoms with Gasteiger partial charge in [0, 0.05) is 24.0 Å². The lowest BCUT2D eigenvalue weighted by Gasteiger charge is -2.41. The summed E-state index contributed by atoms with van der Waals surface area (Å²) in [4.78, 5) is 22.6. The Morgan fingerprint density at radius 3 is 2.50 bits per heavy atom. The van der Waals surface area contributed by atoms with E-state index in [9.17, 15) is 18.0 Å². The molecule has 1 aliphatic rings. The van der Waals surface area contributed by atoms with Gasteiger partial charge in [0.05, 0.1) is 4.90 Å². The molecule has 1 amide bonds. The lowest BCUT2D eigenvalue weighted by atomic mass is 10.2. The van der Waals surface area contributed by atoms with Gasteiger partial charge in [-0.05, 0) is 38.1 Å². The van der Waals surface area contributed by atoms with Crippen molar-refractivity contribution in [3.05, 3.63) is 24.3 Å². The van der Waals surface area contributed by atoms with Crippen molar-refractivity contribution < 1.29 is 32.7 Å². The Bertz CT molecular complexity index is 934. The summed E-state index contributed by atoms with van der Waals surface area (Å²) >= 11 is 1.47. The topological polar surface area (TPSA) is 122 Å². The Labute approximate surface area is 180 Å². The van der Waals surface area contributed by atoms with E-state index in [0.717, 1.165) is 4.31 Å². The number of carbonyl (C=O) groups is 2. The summed E-state index contributed by atoms with van der Waals surface area (Å²) in [5.41, 5.74) is 1.55. The Morgan fingerprint density at radius 2 is 1.90 bits per heavy atom. The molecule has 0 spiro atoms. The lowest BCUT2D eigenvalue weighted by molar-refractivity contribution is -0.139. The van der Waals surface area contributed by atoms with Gasteiger partial charge in [-0.1, -0.05) is 11.8 Å². The van der Waals surface area contributed by atoms with Crippen molar-refractivity contribution >= 4 is 33.7 Å². The Morgan fingerprint density at radius 1 is 1.27 bits per heavy atom. The van der Waals surface area contributed by atoms with Crippen LogP contribution < -0.4 is 10.2 Å². The number of esters is 1. The van der Waals surface area contributed by atoms with Crippen molar-refractivity contribution in [3.63, 3.8) is 0 Å². The van der Waals surface area contributed by atoms with E-state index in [4.69, 9.17) is 9.94 Å². The number of rotatable bonds is 6. The Balaban J connectivity index is 2.11. The number of nitrogens with one attached hydrogen (secondary N) is 1. The largest absolute Gasteiger partial charge is 0.481 e. The second kappa shape index (κ2) is 10.2. The van der Waals surface area contributed by atoms with Crippen LogP contribution in [0.4, 0.5) is 0 Å². The maximum Gasteiger partial charge on any atom is 0.303 e. The van der Waals surface area contributed by atoms with Gasteiger partial charge in [0.2, 0.25) is 10.0 Å². The zero-order chi connectivity index (χ0) is 22.4. The third kappa shape index (κ3) is 6.37. The van der Waals surface area contributed by atoms with Crippen LogP contribution in [0.15, 0.2) is 29.2 Å². The molecule has 1 aliphatic heterocycles. The first-order valence-corrected chi connectivity index (χ1v) is 11.4. The standard InChI is InChI=1S/C19H24N2O7S2/c1-14(22)27-10-4-5-11-28-15-6-8-16(9-7-15)30(25,26)21-13-19(2,3)29-12-17(21)18(23)20-24/h6-9,17,24H,10-13H2,1-3H3,(H,20,23). The third-order valence-corrected chi connectivity index (χ3v) is 7.40. The van der Waals surface area contributed by atoms with Gasteiger partial charge in [0.15, 0.2) is 6.61 Å². The summed E-state index contributed by atoms with van der Waals surface area (Å²) in [7, 11) is -3.98. The molecule has 11 heteroatoms. The molecule has 0 radical (unpaired) electrons. The zero-order valence-corrected chi connectivity index (χ0v) is 18.5. The predicted molar refractivity (Wildman–Crippen MR) is 110 cm³/mol. The number of hydrogen-bond acceptors (Lipinski definition) is 8. The van der Waals surface area contributed by atoms with Crippen LogP contribution >= 0.6 is 11.8 Å². The fraction of sp³-hybridized carbons (Fsp3) is 0.474. The first-order chi connectivity index (χ1) is 14.1. The maximum atomic E-state index is 13.2. The monoisotopic (exact) mass is 456 g/mol. The van der Waals surface area contributed by atoms with Crippen LogP contribution in [0.25, 0.3) is 0 Å². The van der Waals surface area contributed by atoms with Crippen LogP contribution in [0.5, 0.6) is 5.75 Å². The highest BCUT2D eigenvalue weighted by Gasteiger charge is 2.43. The van der Waals surface area contributed by atoms with Crippen LogP contribution in [0.2, 0.25) is 0 Å². The van der Waals surface area contributed by atoms with E-state index >= 15 is 0 Å². The number of carbonyl (C=O) groups excluding carboxylic acids is 2. The van der Waals surface area contributed by atoms with Crippen molar-refractivity contribution in [2.24, 2.45) is 0 Å². The molecule has 1 unspecified atom stereocenters. The molecule has 1 aromatic rings. The second-order valence-electron chi connectivity index (χ2n) is 7.01. The van der Waals surface area contributed by atoms with E-state index in [1.807, 2.05) is 13.8 Å². The highest BCUT2D eigenvalue weighted by Crippen LogP contribution is 2.36. The molecule has 0 aromatic heterocycles. The SMILES string of the molecule is CC(=O)OCC#CCOc1ccc(S(=O)(=O)N2CC(C)(C)SCC2C(=O)NO)cc1. The maximum absolute atomic E-state index is 13.2. The van der Waals surface area contributed by atoms with E-state index in [1.54, 1.807) is 5.48 Å². The number of sulfonamides is 1. The van der Waals surface area contributed by atoms with E-state index in [1.165, 1.54) is 43.0 Å². The first kappa shape index (κ1) is 24.0. The molecule has 1 atom stereocenters.